The van der Waals surface area contributed by atoms with Crippen LogP contribution >= 0.6 is 11.3 Å². The molecule has 62 valence electrons. The number of hydrogen-bond acceptors (Lipinski definition) is 4. The normalized spacial score (nSPS) is 10.5. The second-order valence-corrected chi connectivity index (χ2v) is 3.75. The third-order valence-corrected chi connectivity index (χ3v) is 2.12. The maximum Gasteiger partial charge on any atom is 0.183 e. The van der Waals surface area contributed by atoms with Crippen LogP contribution in [-0.4, -0.2) is 11.0 Å². The van der Waals surface area contributed by atoms with E-state index in [9.17, 15) is 0 Å². The van der Waals surface area contributed by atoms with Gasteiger partial charge in [0.15, 0.2) is 5.13 Å². The molecule has 0 aromatic carbocycles. The van der Waals surface area contributed by atoms with Crippen LogP contribution in [0.3, 0.4) is 0 Å². The Morgan fingerprint density at radius 3 is 2.91 bits per heavy atom. The molecular formula is C7H13N3S. The van der Waals surface area contributed by atoms with Crippen molar-refractivity contribution >= 4 is 16.5 Å². The highest BCUT2D eigenvalue weighted by atomic mass is 32.1. The van der Waals surface area contributed by atoms with Crippen LogP contribution < -0.4 is 11.1 Å². The third kappa shape index (κ3) is 2.48. The van der Waals surface area contributed by atoms with Gasteiger partial charge in [0.2, 0.25) is 0 Å². The molecule has 4 heteroatoms. The SMILES string of the molecule is CC(C)Nc1ncc(CN)s1. The zero-order chi connectivity index (χ0) is 8.27. The molecule has 0 bridgehead atoms. The molecular weight excluding hydrogens is 158 g/mol. The van der Waals surface area contributed by atoms with Gasteiger partial charge in [-0.3, -0.25) is 0 Å². The molecule has 3 nitrogen and oxygen atoms in total. The Labute approximate surface area is 70.6 Å². The van der Waals surface area contributed by atoms with Gasteiger partial charge in [0.05, 0.1) is 0 Å². The van der Waals surface area contributed by atoms with Crippen LogP contribution in [0.1, 0.15) is 18.7 Å². The summed E-state index contributed by atoms with van der Waals surface area (Å²) < 4.78 is 0. The van der Waals surface area contributed by atoms with Crippen molar-refractivity contribution in [1.82, 2.24) is 4.98 Å². The van der Waals surface area contributed by atoms with E-state index in [4.69, 9.17) is 5.73 Å². The first kappa shape index (κ1) is 8.49. The zero-order valence-electron chi connectivity index (χ0n) is 6.79. The topological polar surface area (TPSA) is 50.9 Å². The number of aromatic nitrogens is 1. The predicted octanol–water partition coefficient (Wildman–Crippen LogP) is 1.42. The molecule has 1 heterocycles. The van der Waals surface area contributed by atoms with E-state index in [1.165, 1.54) is 0 Å². The van der Waals surface area contributed by atoms with E-state index in [1.54, 1.807) is 11.3 Å². The number of thiazole rings is 1. The molecule has 1 aromatic heterocycles. The number of nitrogens with zero attached hydrogens (tertiary/aromatic N) is 1. The van der Waals surface area contributed by atoms with Crippen molar-refractivity contribution in [3.8, 4) is 0 Å². The lowest BCUT2D eigenvalue weighted by Crippen LogP contribution is -2.08. The molecule has 0 saturated carbocycles. The van der Waals surface area contributed by atoms with E-state index in [0.717, 1.165) is 10.0 Å². The van der Waals surface area contributed by atoms with Gasteiger partial charge < -0.3 is 11.1 Å². The maximum absolute atomic E-state index is 5.44. The van der Waals surface area contributed by atoms with Crippen molar-refractivity contribution in [2.45, 2.75) is 26.4 Å². The van der Waals surface area contributed by atoms with Crippen molar-refractivity contribution in [2.24, 2.45) is 5.73 Å². The average Bonchev–Trinajstić information content (AvgIpc) is 2.34. The van der Waals surface area contributed by atoms with E-state index in [1.807, 2.05) is 6.20 Å². The predicted molar refractivity (Wildman–Crippen MR) is 48.8 cm³/mol. The van der Waals surface area contributed by atoms with Gasteiger partial charge in [-0.2, -0.15) is 0 Å². The smallest absolute Gasteiger partial charge is 0.183 e. The van der Waals surface area contributed by atoms with Crippen LogP contribution in [0.2, 0.25) is 0 Å². The van der Waals surface area contributed by atoms with Crippen LogP contribution in [-0.2, 0) is 6.54 Å². The summed E-state index contributed by atoms with van der Waals surface area (Å²) in [5.41, 5.74) is 5.44. The second kappa shape index (κ2) is 3.69. The van der Waals surface area contributed by atoms with Gasteiger partial charge in [-0.05, 0) is 13.8 Å². The molecule has 0 fully saturated rings. The lowest BCUT2D eigenvalue weighted by atomic mass is 10.4. The Balaban J connectivity index is 2.58. The molecule has 1 rings (SSSR count). The van der Waals surface area contributed by atoms with Gasteiger partial charge in [-0.1, -0.05) is 0 Å². The Morgan fingerprint density at radius 1 is 1.73 bits per heavy atom. The minimum atomic E-state index is 0.437. The van der Waals surface area contributed by atoms with E-state index < -0.39 is 0 Å². The summed E-state index contributed by atoms with van der Waals surface area (Å²) in [7, 11) is 0. The van der Waals surface area contributed by atoms with Crippen LogP contribution in [0, 0.1) is 0 Å². The van der Waals surface area contributed by atoms with Crippen LogP contribution in [0.4, 0.5) is 5.13 Å². The number of nitrogens with two attached hydrogens (primary N) is 1. The van der Waals surface area contributed by atoms with Gasteiger partial charge in [-0.15, -0.1) is 11.3 Å². The van der Waals surface area contributed by atoms with Crippen molar-refractivity contribution in [3.63, 3.8) is 0 Å². The zero-order valence-corrected chi connectivity index (χ0v) is 7.61. The largest absolute Gasteiger partial charge is 0.359 e. The summed E-state index contributed by atoms with van der Waals surface area (Å²) in [6.07, 6.45) is 1.81. The highest BCUT2D eigenvalue weighted by molar-refractivity contribution is 7.15. The van der Waals surface area contributed by atoms with E-state index in [-0.39, 0.29) is 0 Å². The molecule has 1 aromatic rings. The summed E-state index contributed by atoms with van der Waals surface area (Å²) in [6, 6.07) is 0.437. The molecule has 11 heavy (non-hydrogen) atoms. The number of nitrogens with one attached hydrogen (secondary N) is 1. The molecule has 0 atom stereocenters. The molecule has 0 unspecified atom stereocenters. The summed E-state index contributed by atoms with van der Waals surface area (Å²) in [5, 5.41) is 4.17. The summed E-state index contributed by atoms with van der Waals surface area (Å²) in [5.74, 6) is 0. The quantitative estimate of drug-likeness (QED) is 0.723. The summed E-state index contributed by atoms with van der Waals surface area (Å²) >= 11 is 1.61. The van der Waals surface area contributed by atoms with Gasteiger partial charge >= 0.3 is 0 Å². The van der Waals surface area contributed by atoms with E-state index >= 15 is 0 Å². The van der Waals surface area contributed by atoms with Gasteiger partial charge in [0.1, 0.15) is 0 Å². The molecule has 0 aliphatic heterocycles. The molecule has 0 aliphatic rings. The molecule has 0 spiro atoms. The lowest BCUT2D eigenvalue weighted by Gasteiger charge is -2.03. The fourth-order valence-corrected chi connectivity index (χ4v) is 1.55. The van der Waals surface area contributed by atoms with Crippen molar-refractivity contribution < 1.29 is 0 Å². The Bertz CT molecular complexity index is 219. The second-order valence-electron chi connectivity index (χ2n) is 2.63. The fraction of sp³-hybridized carbons (Fsp3) is 0.571. The number of hydrogen-bond donors (Lipinski definition) is 2. The van der Waals surface area contributed by atoms with Crippen molar-refractivity contribution in [2.75, 3.05) is 5.32 Å². The highest BCUT2D eigenvalue weighted by Crippen LogP contribution is 2.17. The van der Waals surface area contributed by atoms with Crippen molar-refractivity contribution in [1.29, 1.82) is 0 Å². The standard InChI is InChI=1S/C7H13N3S/c1-5(2)10-7-9-4-6(3-8)11-7/h4-5H,3,8H2,1-2H3,(H,9,10). The first-order valence-corrected chi connectivity index (χ1v) is 4.45. The fourth-order valence-electron chi connectivity index (χ4n) is 0.716. The maximum atomic E-state index is 5.44. The van der Waals surface area contributed by atoms with Crippen LogP contribution in [0.15, 0.2) is 6.20 Å². The van der Waals surface area contributed by atoms with Gasteiger partial charge in [-0.25, -0.2) is 4.98 Å². The molecule has 0 radical (unpaired) electrons. The Morgan fingerprint density at radius 2 is 2.45 bits per heavy atom. The van der Waals surface area contributed by atoms with Gasteiger partial charge in [0.25, 0.3) is 0 Å². The Hall–Kier alpha value is -0.610. The minimum Gasteiger partial charge on any atom is -0.359 e. The monoisotopic (exact) mass is 171 g/mol. The van der Waals surface area contributed by atoms with Crippen LogP contribution in [0.25, 0.3) is 0 Å². The molecule has 0 aliphatic carbocycles. The molecule has 3 N–H and O–H groups in total. The van der Waals surface area contributed by atoms with Crippen molar-refractivity contribution in [3.05, 3.63) is 11.1 Å². The molecule has 0 saturated heterocycles. The molecule has 0 amide bonds. The average molecular weight is 171 g/mol. The van der Waals surface area contributed by atoms with Gasteiger partial charge in [0, 0.05) is 23.7 Å². The number of anilines is 1. The van der Waals surface area contributed by atoms with E-state index in [2.05, 4.69) is 24.1 Å². The number of rotatable bonds is 3. The highest BCUT2D eigenvalue weighted by Gasteiger charge is 2.00. The first-order chi connectivity index (χ1) is 5.22. The van der Waals surface area contributed by atoms with Crippen LogP contribution in [0.5, 0.6) is 0 Å². The Kier molecular flexibility index (Phi) is 2.84. The minimum absolute atomic E-state index is 0.437. The summed E-state index contributed by atoms with van der Waals surface area (Å²) in [4.78, 5) is 5.27. The summed E-state index contributed by atoms with van der Waals surface area (Å²) in [6.45, 7) is 4.75. The van der Waals surface area contributed by atoms with E-state index in [0.29, 0.717) is 12.6 Å². The lowest BCUT2D eigenvalue weighted by molar-refractivity contribution is 0.896. The third-order valence-electron chi connectivity index (χ3n) is 1.17. The first-order valence-electron chi connectivity index (χ1n) is 3.63.